The molecule has 0 spiro atoms. The highest BCUT2D eigenvalue weighted by molar-refractivity contribution is 5.97. The van der Waals surface area contributed by atoms with Crippen molar-refractivity contribution in [3.63, 3.8) is 0 Å². The molecule has 2 N–H and O–H groups in total. The van der Waals surface area contributed by atoms with Gasteiger partial charge in [-0.1, -0.05) is 30.3 Å². The predicted octanol–water partition coefficient (Wildman–Crippen LogP) is 3.51. The van der Waals surface area contributed by atoms with E-state index in [2.05, 4.69) is 15.7 Å². The van der Waals surface area contributed by atoms with Crippen molar-refractivity contribution in [1.29, 1.82) is 0 Å². The van der Waals surface area contributed by atoms with Gasteiger partial charge in [0.15, 0.2) is 5.69 Å². The molecule has 0 aliphatic heterocycles. The maximum atomic E-state index is 12.8. The lowest BCUT2D eigenvalue weighted by Crippen LogP contribution is -2.48. The molecule has 1 aliphatic rings. The first-order valence-corrected chi connectivity index (χ1v) is 10.2. The van der Waals surface area contributed by atoms with Crippen LogP contribution in [0, 0.1) is 0 Å². The van der Waals surface area contributed by atoms with E-state index in [9.17, 15) is 22.8 Å². The molecule has 166 valence electrons. The van der Waals surface area contributed by atoms with Gasteiger partial charge in [0.1, 0.15) is 6.04 Å². The molecular weight excluding hydrogens is 421 g/mol. The van der Waals surface area contributed by atoms with E-state index in [0.29, 0.717) is 12.1 Å². The van der Waals surface area contributed by atoms with Gasteiger partial charge in [-0.3, -0.25) is 9.59 Å². The fourth-order valence-corrected chi connectivity index (χ4v) is 3.21. The summed E-state index contributed by atoms with van der Waals surface area (Å²) < 4.78 is 39.3. The van der Waals surface area contributed by atoms with Crippen LogP contribution in [-0.2, 0) is 17.4 Å². The molecule has 32 heavy (non-hydrogen) atoms. The average Bonchev–Trinajstić information content (AvgIpc) is 3.43. The molecule has 9 heteroatoms. The number of halogens is 3. The van der Waals surface area contributed by atoms with E-state index >= 15 is 0 Å². The van der Waals surface area contributed by atoms with Gasteiger partial charge >= 0.3 is 6.18 Å². The number of hydrogen-bond donors (Lipinski definition) is 2. The third kappa shape index (κ3) is 5.35. The maximum Gasteiger partial charge on any atom is 0.435 e. The van der Waals surface area contributed by atoms with E-state index in [1.807, 2.05) is 30.3 Å². The number of nitrogens with one attached hydrogen (secondary N) is 2. The smallest absolute Gasteiger partial charge is 0.352 e. The van der Waals surface area contributed by atoms with E-state index in [4.69, 9.17) is 0 Å². The summed E-state index contributed by atoms with van der Waals surface area (Å²) in [6.07, 6.45) is -1.11. The molecule has 1 fully saturated rings. The van der Waals surface area contributed by atoms with E-state index in [1.54, 1.807) is 0 Å². The molecule has 2 aromatic carbocycles. The maximum absolute atomic E-state index is 12.8. The summed E-state index contributed by atoms with van der Waals surface area (Å²) >= 11 is 0. The van der Waals surface area contributed by atoms with Gasteiger partial charge in [0, 0.05) is 24.2 Å². The van der Waals surface area contributed by atoms with Gasteiger partial charge < -0.3 is 10.6 Å². The van der Waals surface area contributed by atoms with E-state index in [0.717, 1.165) is 29.2 Å². The lowest BCUT2D eigenvalue weighted by atomic mass is 10.0. The minimum Gasteiger partial charge on any atom is -0.352 e. The topological polar surface area (TPSA) is 76.0 Å². The van der Waals surface area contributed by atoms with Crippen molar-refractivity contribution >= 4 is 11.8 Å². The number of benzene rings is 2. The standard InChI is InChI=1S/C23H21F3N4O2/c24-23(25,26)20-12-13-30(29-20)18-10-6-16(7-11-18)21(31)28-19(22(32)27-17-8-9-17)14-15-4-2-1-3-5-15/h1-7,10-13,17,19H,8-9,14H2,(H,27,32)(H,28,31). The third-order valence-electron chi connectivity index (χ3n) is 5.10. The van der Waals surface area contributed by atoms with Crippen LogP contribution in [0.15, 0.2) is 66.9 Å². The van der Waals surface area contributed by atoms with Crippen molar-refractivity contribution in [3.8, 4) is 5.69 Å². The quantitative estimate of drug-likeness (QED) is 0.588. The number of alkyl halides is 3. The van der Waals surface area contributed by atoms with Gasteiger partial charge in [-0.2, -0.15) is 18.3 Å². The van der Waals surface area contributed by atoms with Crippen molar-refractivity contribution in [2.75, 3.05) is 0 Å². The number of carbonyl (C=O) groups excluding carboxylic acids is 2. The molecule has 1 unspecified atom stereocenters. The Morgan fingerprint density at radius 3 is 2.31 bits per heavy atom. The largest absolute Gasteiger partial charge is 0.435 e. The van der Waals surface area contributed by atoms with Crippen LogP contribution in [-0.4, -0.2) is 33.7 Å². The fraction of sp³-hybridized carbons (Fsp3) is 0.261. The lowest BCUT2D eigenvalue weighted by Gasteiger charge is -2.19. The second-order valence-corrected chi connectivity index (χ2v) is 7.69. The van der Waals surface area contributed by atoms with Crippen molar-refractivity contribution in [1.82, 2.24) is 20.4 Å². The molecule has 0 bridgehead atoms. The van der Waals surface area contributed by atoms with Gasteiger partial charge in [-0.25, -0.2) is 4.68 Å². The van der Waals surface area contributed by atoms with E-state index in [1.165, 1.54) is 30.5 Å². The number of rotatable bonds is 7. The zero-order chi connectivity index (χ0) is 22.7. The first kappa shape index (κ1) is 21.6. The molecule has 4 rings (SSSR count). The van der Waals surface area contributed by atoms with E-state index < -0.39 is 23.8 Å². The number of hydrogen-bond acceptors (Lipinski definition) is 3. The Morgan fingerprint density at radius 1 is 1.03 bits per heavy atom. The average molecular weight is 442 g/mol. The molecule has 1 aromatic heterocycles. The number of nitrogens with zero attached hydrogens (tertiary/aromatic N) is 2. The van der Waals surface area contributed by atoms with Crippen molar-refractivity contribution in [2.45, 2.75) is 37.5 Å². The Hall–Kier alpha value is -3.62. The SMILES string of the molecule is O=C(NC(Cc1ccccc1)C(=O)NC1CC1)c1ccc(-n2ccc(C(F)(F)F)n2)cc1. The van der Waals surface area contributed by atoms with Crippen molar-refractivity contribution < 1.29 is 22.8 Å². The Morgan fingerprint density at radius 2 is 1.72 bits per heavy atom. The summed E-state index contributed by atoms with van der Waals surface area (Å²) in [6, 6.07) is 15.6. The van der Waals surface area contributed by atoms with Crippen LogP contribution in [0.3, 0.4) is 0 Å². The highest BCUT2D eigenvalue weighted by Crippen LogP contribution is 2.28. The van der Waals surface area contributed by atoms with Gasteiger partial charge in [0.05, 0.1) is 5.69 Å². The van der Waals surface area contributed by atoms with Gasteiger partial charge in [0.2, 0.25) is 5.91 Å². The molecule has 1 aliphatic carbocycles. The highest BCUT2D eigenvalue weighted by Gasteiger charge is 2.33. The molecule has 3 aromatic rings. The zero-order valence-electron chi connectivity index (χ0n) is 17.0. The Bertz CT molecular complexity index is 1090. The summed E-state index contributed by atoms with van der Waals surface area (Å²) in [6.45, 7) is 0. The predicted molar refractivity (Wildman–Crippen MR) is 111 cm³/mol. The molecular formula is C23H21F3N4O2. The highest BCUT2D eigenvalue weighted by atomic mass is 19.4. The second-order valence-electron chi connectivity index (χ2n) is 7.69. The monoisotopic (exact) mass is 442 g/mol. The molecule has 1 atom stereocenters. The van der Waals surface area contributed by atoms with Gasteiger partial charge in [-0.15, -0.1) is 0 Å². The van der Waals surface area contributed by atoms with Crippen LogP contribution >= 0.6 is 0 Å². The van der Waals surface area contributed by atoms with Crippen molar-refractivity contribution in [2.24, 2.45) is 0 Å². The van der Waals surface area contributed by atoms with Crippen LogP contribution in [0.5, 0.6) is 0 Å². The Labute approximate surface area is 182 Å². The minimum absolute atomic E-state index is 0.160. The summed E-state index contributed by atoms with van der Waals surface area (Å²) in [4.78, 5) is 25.4. The Kier molecular flexibility index (Phi) is 5.98. The van der Waals surface area contributed by atoms with Crippen LogP contribution in [0.2, 0.25) is 0 Å². The van der Waals surface area contributed by atoms with Crippen LogP contribution in [0.25, 0.3) is 5.69 Å². The van der Waals surface area contributed by atoms with Crippen LogP contribution in [0.1, 0.15) is 34.5 Å². The third-order valence-corrected chi connectivity index (χ3v) is 5.10. The molecule has 1 heterocycles. The van der Waals surface area contributed by atoms with Crippen LogP contribution in [0.4, 0.5) is 13.2 Å². The number of carbonyl (C=O) groups is 2. The Balaban J connectivity index is 1.46. The number of amides is 2. The first-order chi connectivity index (χ1) is 15.3. The first-order valence-electron chi connectivity index (χ1n) is 10.2. The molecule has 0 saturated heterocycles. The number of aromatic nitrogens is 2. The fourth-order valence-electron chi connectivity index (χ4n) is 3.21. The summed E-state index contributed by atoms with van der Waals surface area (Å²) in [5.41, 5.74) is 0.585. The minimum atomic E-state index is -4.53. The van der Waals surface area contributed by atoms with Gasteiger partial charge in [0.25, 0.3) is 5.91 Å². The summed E-state index contributed by atoms with van der Waals surface area (Å²) in [5.74, 6) is -0.683. The summed E-state index contributed by atoms with van der Waals surface area (Å²) in [7, 11) is 0. The second kappa shape index (κ2) is 8.86. The normalized spacial score (nSPS) is 14.6. The summed E-state index contributed by atoms with van der Waals surface area (Å²) in [5, 5.41) is 9.21. The molecule has 6 nitrogen and oxygen atoms in total. The zero-order valence-corrected chi connectivity index (χ0v) is 17.0. The lowest BCUT2D eigenvalue weighted by molar-refractivity contribution is -0.141. The van der Waals surface area contributed by atoms with Crippen LogP contribution < -0.4 is 10.6 Å². The molecule has 0 radical (unpaired) electrons. The van der Waals surface area contributed by atoms with Gasteiger partial charge in [-0.05, 0) is 48.7 Å². The molecule has 1 saturated carbocycles. The van der Waals surface area contributed by atoms with E-state index in [-0.39, 0.29) is 17.5 Å². The molecule has 2 amide bonds. The van der Waals surface area contributed by atoms with Crippen molar-refractivity contribution in [3.05, 3.63) is 83.7 Å².